The third-order valence-electron chi connectivity index (χ3n) is 3.88. The Morgan fingerprint density at radius 3 is 2.60 bits per heavy atom. The standard InChI is InChI=1S/C19H15F5N4O2/c20-13-4-6-15(7-5-13)28-9-16(26-27-28)17(29)25-14-3-1-2-12(8-14)10-30-11-19(23,24)18(21)22/h1-9,18H,10-11H2,(H,25,29). The van der Waals surface area contributed by atoms with E-state index in [1.807, 2.05) is 0 Å². The number of benzene rings is 2. The van der Waals surface area contributed by atoms with Gasteiger partial charge in [0.1, 0.15) is 12.4 Å². The minimum Gasteiger partial charge on any atom is -0.370 e. The van der Waals surface area contributed by atoms with Gasteiger partial charge in [-0.25, -0.2) is 17.9 Å². The zero-order chi connectivity index (χ0) is 21.7. The summed E-state index contributed by atoms with van der Waals surface area (Å²) < 4.78 is 68.9. The molecule has 0 aliphatic rings. The van der Waals surface area contributed by atoms with E-state index in [-0.39, 0.29) is 12.3 Å². The highest BCUT2D eigenvalue weighted by Crippen LogP contribution is 2.23. The Morgan fingerprint density at radius 2 is 1.90 bits per heavy atom. The van der Waals surface area contributed by atoms with E-state index in [4.69, 9.17) is 0 Å². The third-order valence-corrected chi connectivity index (χ3v) is 3.88. The Hall–Kier alpha value is -3.34. The predicted molar refractivity (Wildman–Crippen MR) is 96.3 cm³/mol. The van der Waals surface area contributed by atoms with Crippen molar-refractivity contribution >= 4 is 11.6 Å². The van der Waals surface area contributed by atoms with Gasteiger partial charge in [0.2, 0.25) is 0 Å². The molecule has 0 fully saturated rings. The molecule has 0 bridgehead atoms. The number of anilines is 1. The van der Waals surface area contributed by atoms with E-state index >= 15 is 0 Å². The highest BCUT2D eigenvalue weighted by molar-refractivity contribution is 6.02. The maximum atomic E-state index is 13.0. The van der Waals surface area contributed by atoms with Crippen LogP contribution in [0.5, 0.6) is 0 Å². The summed E-state index contributed by atoms with van der Waals surface area (Å²) in [6.07, 6.45) is -2.46. The normalized spacial score (nSPS) is 11.7. The number of aromatic nitrogens is 3. The van der Waals surface area contributed by atoms with Crippen molar-refractivity contribution in [3.8, 4) is 5.69 Å². The monoisotopic (exact) mass is 426 g/mol. The van der Waals surface area contributed by atoms with Crippen molar-refractivity contribution in [2.24, 2.45) is 0 Å². The lowest BCUT2D eigenvalue weighted by Crippen LogP contribution is -2.32. The molecule has 2 aromatic carbocycles. The zero-order valence-electron chi connectivity index (χ0n) is 15.2. The van der Waals surface area contributed by atoms with Gasteiger partial charge in [0, 0.05) is 5.69 Å². The molecular formula is C19H15F5N4O2. The number of rotatable bonds is 8. The first-order valence-electron chi connectivity index (χ1n) is 8.57. The van der Waals surface area contributed by atoms with Crippen LogP contribution in [0, 0.1) is 5.82 Å². The first kappa shape index (κ1) is 21.4. The summed E-state index contributed by atoms with van der Waals surface area (Å²) in [6.45, 7) is -1.76. The SMILES string of the molecule is O=C(Nc1cccc(COCC(F)(F)C(F)F)c1)c1cn(-c2ccc(F)cc2)nn1. The van der Waals surface area contributed by atoms with Gasteiger partial charge in [-0.1, -0.05) is 17.3 Å². The molecule has 1 N–H and O–H groups in total. The van der Waals surface area contributed by atoms with Crippen molar-refractivity contribution in [2.75, 3.05) is 11.9 Å². The highest BCUT2D eigenvalue weighted by Gasteiger charge is 2.40. The van der Waals surface area contributed by atoms with Crippen LogP contribution in [0.4, 0.5) is 27.6 Å². The van der Waals surface area contributed by atoms with Crippen LogP contribution < -0.4 is 5.32 Å². The number of alkyl halides is 4. The van der Waals surface area contributed by atoms with Crippen LogP contribution >= 0.6 is 0 Å². The predicted octanol–water partition coefficient (Wildman–Crippen LogP) is 4.08. The Kier molecular flexibility index (Phi) is 6.40. The van der Waals surface area contributed by atoms with Gasteiger partial charge in [-0.2, -0.15) is 8.78 Å². The van der Waals surface area contributed by atoms with Gasteiger partial charge in [0.15, 0.2) is 5.69 Å². The van der Waals surface area contributed by atoms with Crippen molar-refractivity contribution in [3.63, 3.8) is 0 Å². The Bertz CT molecular complexity index is 1010. The summed E-state index contributed by atoms with van der Waals surface area (Å²) in [5.41, 5.74) is 1.20. The van der Waals surface area contributed by atoms with Crippen LogP contribution in [0.1, 0.15) is 16.1 Å². The zero-order valence-corrected chi connectivity index (χ0v) is 15.2. The molecule has 30 heavy (non-hydrogen) atoms. The number of hydrogen-bond donors (Lipinski definition) is 1. The van der Waals surface area contributed by atoms with Crippen LogP contribution in [0.2, 0.25) is 0 Å². The lowest BCUT2D eigenvalue weighted by atomic mass is 10.2. The molecule has 11 heteroatoms. The fraction of sp³-hybridized carbons (Fsp3) is 0.211. The molecule has 1 amide bonds. The first-order chi connectivity index (χ1) is 14.2. The van der Waals surface area contributed by atoms with Crippen LogP contribution in [0.25, 0.3) is 5.69 Å². The second kappa shape index (κ2) is 8.99. The number of carbonyl (C=O) groups is 1. The molecule has 0 unspecified atom stereocenters. The van der Waals surface area contributed by atoms with Gasteiger partial charge >= 0.3 is 12.3 Å². The minimum absolute atomic E-state index is 0.0162. The fourth-order valence-corrected chi connectivity index (χ4v) is 2.39. The molecular weight excluding hydrogens is 411 g/mol. The van der Waals surface area contributed by atoms with Gasteiger partial charge in [0.05, 0.1) is 18.5 Å². The summed E-state index contributed by atoms with van der Waals surface area (Å²) >= 11 is 0. The number of hydrogen-bond acceptors (Lipinski definition) is 4. The van der Waals surface area contributed by atoms with Crippen molar-refractivity contribution in [2.45, 2.75) is 19.0 Å². The highest BCUT2D eigenvalue weighted by atomic mass is 19.3. The quantitative estimate of drug-likeness (QED) is 0.552. The van der Waals surface area contributed by atoms with E-state index in [2.05, 4.69) is 20.4 Å². The molecule has 0 atom stereocenters. The molecule has 3 aromatic rings. The molecule has 0 aliphatic heterocycles. The molecule has 158 valence electrons. The molecule has 0 saturated carbocycles. The second-order valence-electron chi connectivity index (χ2n) is 6.23. The van der Waals surface area contributed by atoms with Crippen molar-refractivity contribution in [3.05, 3.63) is 71.8 Å². The largest absolute Gasteiger partial charge is 0.370 e. The minimum atomic E-state index is -4.23. The Morgan fingerprint density at radius 1 is 1.17 bits per heavy atom. The van der Waals surface area contributed by atoms with E-state index in [1.54, 1.807) is 6.07 Å². The Balaban J connectivity index is 1.61. The van der Waals surface area contributed by atoms with Gasteiger partial charge in [-0.05, 0) is 42.0 Å². The van der Waals surface area contributed by atoms with E-state index < -0.39 is 30.7 Å². The average molecular weight is 426 g/mol. The summed E-state index contributed by atoms with van der Waals surface area (Å²) in [6, 6.07) is 11.5. The molecule has 1 heterocycles. The van der Waals surface area contributed by atoms with Crippen molar-refractivity contribution < 1.29 is 31.5 Å². The van der Waals surface area contributed by atoms with Crippen LogP contribution in [-0.2, 0) is 11.3 Å². The smallest absolute Gasteiger partial charge is 0.330 e. The molecule has 0 spiro atoms. The van der Waals surface area contributed by atoms with Gasteiger partial charge in [-0.3, -0.25) is 4.79 Å². The lowest BCUT2D eigenvalue weighted by molar-refractivity contribution is -0.168. The van der Waals surface area contributed by atoms with Crippen molar-refractivity contribution in [1.82, 2.24) is 15.0 Å². The van der Waals surface area contributed by atoms with E-state index in [1.165, 1.54) is 53.3 Å². The van der Waals surface area contributed by atoms with Gasteiger partial charge < -0.3 is 10.1 Å². The van der Waals surface area contributed by atoms with Crippen molar-refractivity contribution in [1.29, 1.82) is 0 Å². The number of ether oxygens (including phenoxy) is 1. The summed E-state index contributed by atoms with van der Waals surface area (Å²) in [7, 11) is 0. The summed E-state index contributed by atoms with van der Waals surface area (Å²) in [4.78, 5) is 12.3. The number of nitrogens with zero attached hydrogens (tertiary/aromatic N) is 3. The molecule has 0 aliphatic carbocycles. The van der Waals surface area contributed by atoms with Gasteiger partial charge in [0.25, 0.3) is 5.91 Å². The maximum Gasteiger partial charge on any atom is 0.330 e. The fourth-order valence-electron chi connectivity index (χ4n) is 2.39. The van der Waals surface area contributed by atoms with Crippen LogP contribution in [0.3, 0.4) is 0 Å². The topological polar surface area (TPSA) is 69.0 Å². The van der Waals surface area contributed by atoms with E-state index in [0.29, 0.717) is 16.9 Å². The maximum absolute atomic E-state index is 13.0. The third kappa shape index (κ3) is 5.38. The summed E-state index contributed by atoms with van der Waals surface area (Å²) in [5, 5.41) is 10.1. The lowest BCUT2D eigenvalue weighted by Gasteiger charge is -2.15. The van der Waals surface area contributed by atoms with E-state index in [0.717, 1.165) is 0 Å². The second-order valence-corrected chi connectivity index (χ2v) is 6.23. The summed E-state index contributed by atoms with van der Waals surface area (Å²) in [5.74, 6) is -5.24. The van der Waals surface area contributed by atoms with Gasteiger partial charge in [-0.15, -0.1) is 5.10 Å². The number of halogens is 5. The number of amides is 1. The molecule has 0 saturated heterocycles. The molecule has 0 radical (unpaired) electrons. The Labute approximate surface area is 167 Å². The average Bonchev–Trinajstić information content (AvgIpc) is 3.19. The number of carbonyl (C=O) groups excluding carboxylic acids is 1. The van der Waals surface area contributed by atoms with Crippen LogP contribution in [0.15, 0.2) is 54.7 Å². The molecule has 3 rings (SSSR count). The molecule has 1 aromatic heterocycles. The number of nitrogens with one attached hydrogen (secondary N) is 1. The van der Waals surface area contributed by atoms with Crippen LogP contribution in [-0.4, -0.2) is 39.9 Å². The first-order valence-corrected chi connectivity index (χ1v) is 8.57. The molecule has 6 nitrogen and oxygen atoms in total. The van der Waals surface area contributed by atoms with E-state index in [9.17, 15) is 26.7 Å².